The summed E-state index contributed by atoms with van der Waals surface area (Å²) in [6.45, 7) is 3.60. The Balaban J connectivity index is 1.89. The van der Waals surface area contributed by atoms with Crippen LogP contribution >= 0.6 is 11.8 Å². The van der Waals surface area contributed by atoms with Crippen molar-refractivity contribution < 1.29 is 4.74 Å². The Morgan fingerprint density at radius 3 is 2.81 bits per heavy atom. The monoisotopic (exact) mass is 302 g/mol. The molecule has 3 rings (SSSR count). The molecule has 0 N–H and O–H groups in total. The van der Waals surface area contributed by atoms with Crippen LogP contribution in [0.25, 0.3) is 5.69 Å². The summed E-state index contributed by atoms with van der Waals surface area (Å²) < 4.78 is 7.80. The van der Waals surface area contributed by atoms with Crippen molar-refractivity contribution >= 4 is 11.8 Å². The molecule has 0 atom stereocenters. The molecule has 0 amide bonds. The van der Waals surface area contributed by atoms with Crippen LogP contribution in [-0.4, -0.2) is 28.5 Å². The molecule has 4 heteroatoms. The Morgan fingerprint density at radius 2 is 2.00 bits per heavy atom. The second-order valence-electron chi connectivity index (χ2n) is 5.21. The van der Waals surface area contributed by atoms with E-state index in [0.29, 0.717) is 0 Å². The van der Waals surface area contributed by atoms with Crippen LogP contribution < -0.4 is 0 Å². The average Bonchev–Trinajstić information content (AvgIpc) is 2.90. The SMILES string of the molecule is CCOCCSc1nc2c(n1-c1ccccc1)CCCC2. The molecule has 1 aromatic carbocycles. The summed E-state index contributed by atoms with van der Waals surface area (Å²) in [5.74, 6) is 0.955. The summed E-state index contributed by atoms with van der Waals surface area (Å²) in [6, 6.07) is 10.6. The van der Waals surface area contributed by atoms with Crippen molar-refractivity contribution in [3.63, 3.8) is 0 Å². The van der Waals surface area contributed by atoms with Crippen LogP contribution in [0.2, 0.25) is 0 Å². The van der Waals surface area contributed by atoms with Gasteiger partial charge in [0.15, 0.2) is 5.16 Å². The Bertz CT molecular complexity index is 580. The van der Waals surface area contributed by atoms with E-state index in [1.54, 1.807) is 11.8 Å². The van der Waals surface area contributed by atoms with Gasteiger partial charge in [-0.3, -0.25) is 4.57 Å². The second-order valence-corrected chi connectivity index (χ2v) is 6.27. The first kappa shape index (κ1) is 14.7. The quantitative estimate of drug-likeness (QED) is 0.598. The van der Waals surface area contributed by atoms with E-state index in [1.165, 1.54) is 29.9 Å². The summed E-state index contributed by atoms with van der Waals surface area (Å²) in [7, 11) is 0. The van der Waals surface area contributed by atoms with E-state index in [9.17, 15) is 0 Å². The molecule has 0 radical (unpaired) electrons. The second kappa shape index (κ2) is 7.14. The molecule has 1 heterocycles. The molecule has 0 aliphatic heterocycles. The molecule has 0 saturated carbocycles. The van der Waals surface area contributed by atoms with Crippen molar-refractivity contribution in [2.24, 2.45) is 0 Å². The van der Waals surface area contributed by atoms with Gasteiger partial charge in [-0.15, -0.1) is 0 Å². The maximum atomic E-state index is 5.44. The van der Waals surface area contributed by atoms with Crippen molar-refractivity contribution in [1.82, 2.24) is 9.55 Å². The summed E-state index contributed by atoms with van der Waals surface area (Å²) in [5, 5.41) is 1.12. The molecular formula is C17H22N2OS. The highest BCUT2D eigenvalue weighted by molar-refractivity contribution is 7.99. The summed E-state index contributed by atoms with van der Waals surface area (Å²) in [4.78, 5) is 4.90. The number of nitrogens with zero attached hydrogens (tertiary/aromatic N) is 2. The molecule has 1 aliphatic carbocycles. The van der Waals surface area contributed by atoms with Crippen LogP contribution in [0.3, 0.4) is 0 Å². The van der Waals surface area contributed by atoms with E-state index in [0.717, 1.165) is 37.0 Å². The van der Waals surface area contributed by atoms with Gasteiger partial charge >= 0.3 is 0 Å². The smallest absolute Gasteiger partial charge is 0.173 e. The van der Waals surface area contributed by atoms with Crippen LogP contribution in [-0.2, 0) is 17.6 Å². The van der Waals surface area contributed by atoms with E-state index in [1.807, 2.05) is 6.92 Å². The van der Waals surface area contributed by atoms with Crippen molar-refractivity contribution in [1.29, 1.82) is 0 Å². The number of hydrogen-bond donors (Lipinski definition) is 0. The highest BCUT2D eigenvalue weighted by atomic mass is 32.2. The fraction of sp³-hybridized carbons (Fsp3) is 0.471. The fourth-order valence-electron chi connectivity index (χ4n) is 2.79. The lowest BCUT2D eigenvalue weighted by molar-refractivity contribution is 0.164. The minimum atomic E-state index is 0.782. The zero-order chi connectivity index (χ0) is 14.5. The normalized spacial score (nSPS) is 14.1. The molecular weight excluding hydrogens is 280 g/mol. The molecule has 0 spiro atoms. The van der Waals surface area contributed by atoms with Gasteiger partial charge in [-0.2, -0.15) is 0 Å². The standard InChI is InChI=1S/C17H22N2OS/c1-2-20-12-13-21-17-18-15-10-6-7-11-16(15)19(17)14-8-4-3-5-9-14/h3-5,8-9H,2,6-7,10-13H2,1H3. The lowest BCUT2D eigenvalue weighted by Crippen LogP contribution is -2.07. The number of rotatable bonds is 6. The molecule has 0 fully saturated rings. The Hall–Kier alpha value is -1.26. The number of aromatic nitrogens is 2. The van der Waals surface area contributed by atoms with Crippen molar-refractivity contribution in [2.45, 2.75) is 37.8 Å². The van der Waals surface area contributed by atoms with Crippen LogP contribution in [0.4, 0.5) is 0 Å². The first-order valence-electron chi connectivity index (χ1n) is 7.76. The lowest BCUT2D eigenvalue weighted by atomic mass is 10.0. The highest BCUT2D eigenvalue weighted by Crippen LogP contribution is 2.30. The number of imidazole rings is 1. The number of thioether (sulfide) groups is 1. The molecule has 112 valence electrons. The summed E-state index contributed by atoms with van der Waals surface area (Å²) >= 11 is 1.80. The van der Waals surface area contributed by atoms with Crippen LogP contribution in [0.15, 0.2) is 35.5 Å². The van der Waals surface area contributed by atoms with Gasteiger partial charge in [0.2, 0.25) is 0 Å². The van der Waals surface area contributed by atoms with Gasteiger partial charge in [-0.25, -0.2) is 4.98 Å². The third-order valence-corrected chi connectivity index (χ3v) is 4.68. The lowest BCUT2D eigenvalue weighted by Gasteiger charge is -2.15. The van der Waals surface area contributed by atoms with Crippen LogP contribution in [0.5, 0.6) is 0 Å². The number of hydrogen-bond acceptors (Lipinski definition) is 3. The molecule has 0 bridgehead atoms. The van der Waals surface area contributed by atoms with E-state index >= 15 is 0 Å². The first-order valence-corrected chi connectivity index (χ1v) is 8.75. The van der Waals surface area contributed by atoms with Crippen LogP contribution in [0, 0.1) is 0 Å². The van der Waals surface area contributed by atoms with Crippen molar-refractivity contribution in [3.8, 4) is 5.69 Å². The molecule has 3 nitrogen and oxygen atoms in total. The topological polar surface area (TPSA) is 27.1 Å². The third kappa shape index (κ3) is 3.33. The summed E-state index contributed by atoms with van der Waals surface area (Å²) in [5.41, 5.74) is 3.93. The Kier molecular flexibility index (Phi) is 4.99. The Morgan fingerprint density at radius 1 is 1.19 bits per heavy atom. The first-order chi connectivity index (χ1) is 10.4. The number of ether oxygens (including phenoxy) is 1. The van der Waals surface area contributed by atoms with Gasteiger partial charge in [-0.05, 0) is 44.7 Å². The Labute approximate surface area is 130 Å². The van der Waals surface area contributed by atoms with Gasteiger partial charge in [0.1, 0.15) is 0 Å². The largest absolute Gasteiger partial charge is 0.381 e. The predicted molar refractivity (Wildman–Crippen MR) is 87.4 cm³/mol. The van der Waals surface area contributed by atoms with E-state index < -0.39 is 0 Å². The van der Waals surface area contributed by atoms with Gasteiger partial charge in [0.05, 0.1) is 12.3 Å². The number of fused-ring (bicyclic) bond motifs is 1. The number of aryl methyl sites for hydroxylation is 1. The van der Waals surface area contributed by atoms with Gasteiger partial charge < -0.3 is 4.74 Å². The van der Waals surface area contributed by atoms with Gasteiger partial charge in [-0.1, -0.05) is 30.0 Å². The average molecular weight is 302 g/mol. The molecule has 1 aliphatic rings. The highest BCUT2D eigenvalue weighted by Gasteiger charge is 2.20. The molecule has 2 aromatic rings. The van der Waals surface area contributed by atoms with Gasteiger partial charge in [0, 0.05) is 23.7 Å². The minimum Gasteiger partial charge on any atom is -0.381 e. The minimum absolute atomic E-state index is 0.782. The van der Waals surface area contributed by atoms with E-state index in [-0.39, 0.29) is 0 Å². The van der Waals surface area contributed by atoms with Crippen LogP contribution in [0.1, 0.15) is 31.2 Å². The predicted octanol–water partition coefficient (Wildman–Crippen LogP) is 3.88. The van der Waals surface area contributed by atoms with Crippen molar-refractivity contribution in [3.05, 3.63) is 41.7 Å². The number of benzene rings is 1. The third-order valence-electron chi connectivity index (χ3n) is 3.78. The summed E-state index contributed by atoms with van der Waals surface area (Å²) in [6.07, 6.45) is 4.80. The van der Waals surface area contributed by atoms with E-state index in [2.05, 4.69) is 34.9 Å². The molecule has 21 heavy (non-hydrogen) atoms. The molecule has 0 unspecified atom stereocenters. The maximum absolute atomic E-state index is 5.44. The maximum Gasteiger partial charge on any atom is 0.173 e. The molecule has 0 saturated heterocycles. The number of para-hydroxylation sites is 1. The van der Waals surface area contributed by atoms with Crippen molar-refractivity contribution in [2.75, 3.05) is 19.0 Å². The van der Waals surface area contributed by atoms with E-state index in [4.69, 9.17) is 9.72 Å². The molecule has 1 aromatic heterocycles. The zero-order valence-corrected chi connectivity index (χ0v) is 13.4. The fourth-order valence-corrected chi connectivity index (χ4v) is 3.70. The van der Waals surface area contributed by atoms with Gasteiger partial charge in [0.25, 0.3) is 0 Å². The zero-order valence-electron chi connectivity index (χ0n) is 12.5.